The van der Waals surface area contributed by atoms with Crippen molar-refractivity contribution in [1.29, 1.82) is 0 Å². The number of nitrogens with zero attached hydrogens (tertiary/aromatic N) is 2. The third-order valence-electron chi connectivity index (χ3n) is 0.949. The molecule has 0 aliphatic heterocycles. The minimum Gasteiger partial charge on any atom is -0.215 e. The fraction of sp³-hybridized carbons (Fsp3) is 0. The number of isocyanates is 1. The molecule has 0 radical (unpaired) electrons. The molecule has 1 rings (SSSR count). The maximum absolute atomic E-state index is 9.78. The van der Waals surface area contributed by atoms with E-state index >= 15 is 0 Å². The van der Waals surface area contributed by atoms with Gasteiger partial charge < -0.3 is 0 Å². The number of hydrogen-bond donors (Lipinski definition) is 0. The Kier molecular flexibility index (Phi) is 2.76. The van der Waals surface area contributed by atoms with Gasteiger partial charge in [0.2, 0.25) is 6.08 Å². The molecule has 11 heavy (non-hydrogen) atoms. The summed E-state index contributed by atoms with van der Waals surface area (Å²) < 4.78 is 0.670. The van der Waals surface area contributed by atoms with Crippen molar-refractivity contribution in [2.24, 2.45) is 4.99 Å². The smallest absolute Gasteiger partial charge is 0.215 e. The van der Waals surface area contributed by atoms with Gasteiger partial charge in [-0.3, -0.25) is 0 Å². The van der Waals surface area contributed by atoms with E-state index in [9.17, 15) is 4.79 Å². The highest BCUT2D eigenvalue weighted by Crippen LogP contribution is 2.22. The summed E-state index contributed by atoms with van der Waals surface area (Å²) in [7, 11) is 0. The Morgan fingerprint density at radius 2 is 2.36 bits per heavy atom. The predicted octanol–water partition coefficient (Wildman–Crippen LogP) is 2.46. The van der Waals surface area contributed by atoms with E-state index in [-0.39, 0.29) is 11.0 Å². The second-order valence-corrected chi connectivity index (χ2v) is 2.86. The summed E-state index contributed by atoms with van der Waals surface area (Å²) in [6.45, 7) is 0. The lowest BCUT2D eigenvalue weighted by Crippen LogP contribution is -1.76. The zero-order valence-corrected chi connectivity index (χ0v) is 7.56. The highest BCUT2D eigenvalue weighted by atomic mass is 79.9. The second kappa shape index (κ2) is 3.62. The van der Waals surface area contributed by atoms with Gasteiger partial charge in [-0.25, -0.2) is 9.78 Å². The molecule has 56 valence electrons. The average Bonchev–Trinajstić information content (AvgIpc) is 1.98. The van der Waals surface area contributed by atoms with Gasteiger partial charge in [0.1, 0.15) is 5.15 Å². The molecule has 0 aliphatic carbocycles. The molecule has 3 nitrogen and oxygen atoms in total. The van der Waals surface area contributed by atoms with Crippen LogP contribution in [0.25, 0.3) is 0 Å². The van der Waals surface area contributed by atoms with Gasteiger partial charge in [0.05, 0.1) is 4.47 Å². The Hall–Kier alpha value is -0.700. The fourth-order valence-electron chi connectivity index (χ4n) is 0.517. The molecule has 0 unspecified atom stereocenters. The summed E-state index contributed by atoms with van der Waals surface area (Å²) >= 11 is 8.75. The molecule has 0 atom stereocenters. The van der Waals surface area contributed by atoms with Crippen LogP contribution < -0.4 is 0 Å². The summed E-state index contributed by atoms with van der Waals surface area (Å²) in [4.78, 5) is 16.8. The molecular weight excluding hydrogens is 231 g/mol. The molecule has 0 fully saturated rings. The number of hydrogen-bond acceptors (Lipinski definition) is 3. The molecule has 0 aliphatic rings. The molecule has 1 heterocycles. The molecule has 1 aromatic heterocycles. The summed E-state index contributed by atoms with van der Waals surface area (Å²) in [5, 5.41) is 0.279. The number of carbonyl (C=O) groups excluding carboxylic acids is 1. The molecule has 0 saturated heterocycles. The van der Waals surface area contributed by atoms with Crippen molar-refractivity contribution < 1.29 is 4.79 Å². The highest BCUT2D eigenvalue weighted by molar-refractivity contribution is 9.10. The van der Waals surface area contributed by atoms with Crippen LogP contribution in [0.4, 0.5) is 5.82 Å². The summed E-state index contributed by atoms with van der Waals surface area (Å²) in [6.07, 6.45) is 1.37. The summed E-state index contributed by atoms with van der Waals surface area (Å²) in [5.74, 6) is 0.258. The van der Waals surface area contributed by atoms with Crippen LogP contribution in [-0.2, 0) is 4.79 Å². The minimum absolute atomic E-state index is 0.258. The van der Waals surface area contributed by atoms with E-state index in [1.807, 2.05) is 0 Å². The average molecular weight is 233 g/mol. The molecule has 0 N–H and O–H groups in total. The Morgan fingerprint density at radius 3 is 2.91 bits per heavy atom. The second-order valence-electron chi connectivity index (χ2n) is 1.65. The van der Waals surface area contributed by atoms with Crippen molar-refractivity contribution in [1.82, 2.24) is 4.98 Å². The zero-order valence-electron chi connectivity index (χ0n) is 5.21. The third-order valence-corrected chi connectivity index (χ3v) is 2.11. The lowest BCUT2D eigenvalue weighted by molar-refractivity contribution is 0.565. The van der Waals surface area contributed by atoms with E-state index in [0.29, 0.717) is 4.47 Å². The van der Waals surface area contributed by atoms with Crippen molar-refractivity contribution in [3.63, 3.8) is 0 Å². The van der Waals surface area contributed by atoms with Crippen molar-refractivity contribution in [2.75, 3.05) is 0 Å². The van der Waals surface area contributed by atoms with Crippen LogP contribution in [0.2, 0.25) is 5.15 Å². The predicted molar refractivity (Wildman–Crippen MR) is 44.7 cm³/mol. The Morgan fingerprint density at radius 1 is 1.64 bits per heavy atom. The van der Waals surface area contributed by atoms with Gasteiger partial charge in [-0.15, -0.1) is 4.99 Å². The number of halogens is 2. The molecule has 0 aromatic carbocycles. The van der Waals surface area contributed by atoms with E-state index in [1.165, 1.54) is 6.08 Å². The van der Waals surface area contributed by atoms with Gasteiger partial charge in [-0.1, -0.05) is 11.6 Å². The number of aromatic nitrogens is 1. The number of rotatable bonds is 1. The first-order chi connectivity index (χ1) is 5.24. The van der Waals surface area contributed by atoms with Crippen molar-refractivity contribution >= 4 is 39.4 Å². The van der Waals surface area contributed by atoms with Gasteiger partial charge in [0.25, 0.3) is 0 Å². The van der Waals surface area contributed by atoms with Crippen molar-refractivity contribution in [2.45, 2.75) is 0 Å². The standard InChI is InChI=1S/C6H2BrClN2O/c7-4-1-2-5(9-3-11)10-6(4)8/h1-2H. The van der Waals surface area contributed by atoms with E-state index in [1.54, 1.807) is 12.1 Å². The van der Waals surface area contributed by atoms with E-state index in [2.05, 4.69) is 25.9 Å². The maximum atomic E-state index is 9.78. The zero-order chi connectivity index (χ0) is 8.27. The molecule has 1 aromatic rings. The topological polar surface area (TPSA) is 42.3 Å². The SMILES string of the molecule is O=C=Nc1ccc(Br)c(Cl)n1. The van der Waals surface area contributed by atoms with Gasteiger partial charge in [-0.05, 0) is 28.1 Å². The minimum atomic E-state index is 0.258. The van der Waals surface area contributed by atoms with Gasteiger partial charge in [-0.2, -0.15) is 0 Å². The Balaban J connectivity index is 3.14. The largest absolute Gasteiger partial charge is 0.242 e. The van der Waals surface area contributed by atoms with Crippen LogP contribution in [0, 0.1) is 0 Å². The van der Waals surface area contributed by atoms with Crippen LogP contribution >= 0.6 is 27.5 Å². The number of pyridine rings is 1. The van der Waals surface area contributed by atoms with Crippen LogP contribution in [0.3, 0.4) is 0 Å². The van der Waals surface area contributed by atoms with Crippen molar-refractivity contribution in [3.8, 4) is 0 Å². The monoisotopic (exact) mass is 232 g/mol. The normalized spacial score (nSPS) is 8.91. The van der Waals surface area contributed by atoms with Gasteiger partial charge in [0, 0.05) is 0 Å². The van der Waals surface area contributed by atoms with Gasteiger partial charge >= 0.3 is 0 Å². The van der Waals surface area contributed by atoms with Crippen LogP contribution in [0.1, 0.15) is 0 Å². The van der Waals surface area contributed by atoms with Gasteiger partial charge in [0.15, 0.2) is 5.82 Å². The summed E-state index contributed by atoms with van der Waals surface area (Å²) in [6, 6.07) is 3.21. The quantitative estimate of drug-likeness (QED) is 0.425. The maximum Gasteiger partial charge on any atom is 0.242 e. The Labute approximate surface area is 76.2 Å². The molecule has 0 spiro atoms. The third kappa shape index (κ3) is 2.12. The molecule has 0 bridgehead atoms. The first-order valence-corrected chi connectivity index (χ1v) is 3.81. The molecule has 0 saturated carbocycles. The first-order valence-electron chi connectivity index (χ1n) is 2.64. The fourth-order valence-corrected chi connectivity index (χ4v) is 0.887. The lowest BCUT2D eigenvalue weighted by Gasteiger charge is -1.93. The summed E-state index contributed by atoms with van der Waals surface area (Å²) in [5.41, 5.74) is 0. The van der Waals surface area contributed by atoms with Crippen LogP contribution in [-0.4, -0.2) is 11.1 Å². The van der Waals surface area contributed by atoms with Crippen molar-refractivity contribution in [3.05, 3.63) is 21.8 Å². The molecular formula is C6H2BrClN2O. The van der Waals surface area contributed by atoms with Crippen LogP contribution in [0.15, 0.2) is 21.6 Å². The van der Waals surface area contributed by atoms with E-state index in [0.717, 1.165) is 0 Å². The first kappa shape index (κ1) is 8.40. The Bertz CT molecular complexity index is 322. The van der Waals surface area contributed by atoms with E-state index in [4.69, 9.17) is 11.6 Å². The number of aliphatic imine (C=N–C) groups is 1. The van der Waals surface area contributed by atoms with E-state index < -0.39 is 0 Å². The van der Waals surface area contributed by atoms with Crippen LogP contribution in [0.5, 0.6) is 0 Å². The molecule has 5 heteroatoms. The highest BCUT2D eigenvalue weighted by Gasteiger charge is 1.98. The lowest BCUT2D eigenvalue weighted by atomic mass is 10.5. The molecule has 0 amide bonds.